The highest BCUT2D eigenvalue weighted by Gasteiger charge is 2.38. The first kappa shape index (κ1) is 23.4. The number of aromatic nitrogens is 2. The van der Waals surface area contributed by atoms with Crippen LogP contribution < -0.4 is 10.2 Å². The maximum Gasteiger partial charge on any atom is 0.243 e. The topological polar surface area (TPSA) is 105 Å². The van der Waals surface area contributed by atoms with E-state index in [0.717, 1.165) is 36.2 Å². The molecule has 2 aromatic rings. The van der Waals surface area contributed by atoms with Crippen molar-refractivity contribution in [1.29, 1.82) is 0 Å². The summed E-state index contributed by atoms with van der Waals surface area (Å²) in [4.78, 5) is 27.2. The molecule has 0 saturated carbocycles. The number of aryl methyl sites for hydroxylation is 2. The summed E-state index contributed by atoms with van der Waals surface area (Å²) in [5.41, 5.74) is 4.05. The molecule has 1 aromatic carbocycles. The van der Waals surface area contributed by atoms with Gasteiger partial charge in [-0.3, -0.25) is 19.2 Å². The number of sulfonamides is 1. The van der Waals surface area contributed by atoms with Crippen molar-refractivity contribution in [3.05, 3.63) is 40.7 Å². The minimum Gasteiger partial charge on any atom is -0.350 e. The second kappa shape index (κ2) is 8.90. The number of carbonyl (C=O) groups excluding carboxylic acids is 2. The summed E-state index contributed by atoms with van der Waals surface area (Å²) in [5.74, 6) is -0.529. The number of hydrogen-bond donors (Lipinski definition) is 1. The minimum absolute atomic E-state index is 0.217. The van der Waals surface area contributed by atoms with Crippen LogP contribution in [0, 0.1) is 13.8 Å². The summed E-state index contributed by atoms with van der Waals surface area (Å²) in [6.45, 7) is 6.63. The number of nitrogens with zero attached hydrogens (tertiary/aromatic N) is 4. The van der Waals surface area contributed by atoms with Gasteiger partial charge in [-0.05, 0) is 50.5 Å². The van der Waals surface area contributed by atoms with Gasteiger partial charge in [0.25, 0.3) is 0 Å². The smallest absolute Gasteiger partial charge is 0.243 e. The van der Waals surface area contributed by atoms with Crippen LogP contribution in [0.4, 0.5) is 5.69 Å². The van der Waals surface area contributed by atoms with Crippen LogP contribution in [0.1, 0.15) is 48.7 Å². The van der Waals surface area contributed by atoms with Crippen LogP contribution in [-0.2, 0) is 39.6 Å². The van der Waals surface area contributed by atoms with Crippen molar-refractivity contribution in [2.24, 2.45) is 7.05 Å². The Bertz CT molecular complexity index is 1200. The van der Waals surface area contributed by atoms with Gasteiger partial charge in [-0.15, -0.1) is 0 Å². The Hall–Kier alpha value is -2.72. The minimum atomic E-state index is -3.59. The maximum atomic E-state index is 13.1. The molecule has 2 amide bonds. The van der Waals surface area contributed by atoms with E-state index >= 15 is 0 Å². The molecule has 0 aliphatic carbocycles. The fourth-order valence-corrected chi connectivity index (χ4v) is 6.38. The van der Waals surface area contributed by atoms with E-state index in [9.17, 15) is 18.0 Å². The Morgan fingerprint density at radius 2 is 1.85 bits per heavy atom. The Balaban J connectivity index is 1.56. The quantitative estimate of drug-likeness (QED) is 0.713. The number of piperidine rings is 1. The highest BCUT2D eigenvalue weighted by atomic mass is 32.2. The zero-order chi connectivity index (χ0) is 23.9. The third kappa shape index (κ3) is 4.29. The zero-order valence-corrected chi connectivity index (χ0v) is 20.4. The highest BCUT2D eigenvalue weighted by Crippen LogP contribution is 2.35. The number of amides is 2. The molecule has 1 saturated heterocycles. The molecule has 4 rings (SSSR count). The number of carbonyl (C=O) groups is 2. The average molecular weight is 474 g/mol. The molecule has 1 atom stereocenters. The Kier molecular flexibility index (Phi) is 6.32. The van der Waals surface area contributed by atoms with Crippen LogP contribution in [-0.4, -0.2) is 53.4 Å². The van der Waals surface area contributed by atoms with Crippen LogP contribution in [0.25, 0.3) is 0 Å². The lowest BCUT2D eigenvalue weighted by molar-refractivity contribution is -0.125. The molecule has 10 heteroatoms. The zero-order valence-electron chi connectivity index (χ0n) is 19.6. The van der Waals surface area contributed by atoms with Crippen molar-refractivity contribution < 1.29 is 18.0 Å². The van der Waals surface area contributed by atoms with E-state index in [1.54, 1.807) is 22.9 Å². The Morgan fingerprint density at radius 3 is 2.45 bits per heavy atom. The highest BCUT2D eigenvalue weighted by molar-refractivity contribution is 7.89. The Labute approximate surface area is 194 Å². The molecular formula is C23H31N5O4S. The SMILES string of the molecule is CC(=O)N1c2ccc(S(=O)(=O)N3CCCCC3)cc2CC1C(=O)NCc1c(C)nn(C)c1C. The van der Waals surface area contributed by atoms with Gasteiger partial charge in [0.15, 0.2) is 0 Å². The summed E-state index contributed by atoms with van der Waals surface area (Å²) in [5, 5.41) is 7.31. The van der Waals surface area contributed by atoms with Gasteiger partial charge in [-0.1, -0.05) is 6.42 Å². The molecule has 0 bridgehead atoms. The number of nitrogens with one attached hydrogen (secondary N) is 1. The van der Waals surface area contributed by atoms with Crippen LogP contribution in [0.15, 0.2) is 23.1 Å². The van der Waals surface area contributed by atoms with Crippen molar-refractivity contribution >= 4 is 27.5 Å². The molecule has 1 N–H and O–H groups in total. The van der Waals surface area contributed by atoms with E-state index < -0.39 is 16.1 Å². The van der Waals surface area contributed by atoms with Crippen molar-refractivity contribution in [2.75, 3.05) is 18.0 Å². The molecule has 0 radical (unpaired) electrons. The van der Waals surface area contributed by atoms with Gasteiger partial charge in [0, 0.05) is 57.0 Å². The number of anilines is 1. The first-order chi connectivity index (χ1) is 15.6. The second-order valence-electron chi connectivity index (χ2n) is 8.85. The van der Waals surface area contributed by atoms with Crippen molar-refractivity contribution in [3.63, 3.8) is 0 Å². The third-order valence-electron chi connectivity index (χ3n) is 6.73. The molecule has 178 valence electrons. The van der Waals surface area contributed by atoms with E-state index in [4.69, 9.17) is 0 Å². The number of hydrogen-bond acceptors (Lipinski definition) is 5. The number of rotatable bonds is 5. The molecular weight excluding hydrogens is 442 g/mol. The molecule has 1 aromatic heterocycles. The summed E-state index contributed by atoms with van der Waals surface area (Å²) in [6.07, 6.45) is 3.04. The first-order valence-corrected chi connectivity index (χ1v) is 12.7. The maximum absolute atomic E-state index is 13.1. The molecule has 33 heavy (non-hydrogen) atoms. The first-order valence-electron chi connectivity index (χ1n) is 11.3. The van der Waals surface area contributed by atoms with Gasteiger partial charge in [0.1, 0.15) is 6.04 Å². The van der Waals surface area contributed by atoms with Crippen LogP contribution in [0.3, 0.4) is 0 Å². The largest absolute Gasteiger partial charge is 0.350 e. The third-order valence-corrected chi connectivity index (χ3v) is 8.62. The van der Waals surface area contributed by atoms with Gasteiger partial charge in [0.2, 0.25) is 21.8 Å². The lowest BCUT2D eigenvalue weighted by Gasteiger charge is -2.26. The van der Waals surface area contributed by atoms with Crippen molar-refractivity contribution in [1.82, 2.24) is 19.4 Å². The normalized spacial score (nSPS) is 18.9. The molecule has 0 spiro atoms. The number of benzene rings is 1. The van der Waals surface area contributed by atoms with Gasteiger partial charge in [0.05, 0.1) is 10.6 Å². The average Bonchev–Trinajstić information content (AvgIpc) is 3.29. The molecule has 2 aliphatic heterocycles. The van der Waals surface area contributed by atoms with Crippen molar-refractivity contribution in [3.8, 4) is 0 Å². The van der Waals surface area contributed by atoms with Gasteiger partial charge < -0.3 is 5.32 Å². The van der Waals surface area contributed by atoms with E-state index in [0.29, 0.717) is 30.9 Å². The van der Waals surface area contributed by atoms with Crippen LogP contribution in [0.2, 0.25) is 0 Å². The van der Waals surface area contributed by atoms with Crippen LogP contribution >= 0.6 is 0 Å². The fourth-order valence-electron chi connectivity index (χ4n) is 4.81. The van der Waals surface area contributed by atoms with Gasteiger partial charge in [-0.2, -0.15) is 9.40 Å². The molecule has 9 nitrogen and oxygen atoms in total. The van der Waals surface area contributed by atoms with Gasteiger partial charge >= 0.3 is 0 Å². The lowest BCUT2D eigenvalue weighted by Crippen LogP contribution is -2.47. The molecule has 3 heterocycles. The standard InChI is InChI=1S/C23H31N5O4S/c1-15-20(16(2)26(4)25-15)14-24-23(30)22-13-18-12-19(8-9-21(18)28(22)17(3)29)33(31,32)27-10-6-5-7-11-27/h8-9,12,22H,5-7,10-11,13-14H2,1-4H3,(H,24,30). The van der Waals surface area contributed by atoms with Crippen LogP contribution in [0.5, 0.6) is 0 Å². The van der Waals surface area contributed by atoms with E-state index in [1.165, 1.54) is 16.1 Å². The fraction of sp³-hybridized carbons (Fsp3) is 0.522. The Morgan fingerprint density at radius 1 is 1.15 bits per heavy atom. The molecule has 2 aliphatic rings. The van der Waals surface area contributed by atoms with E-state index in [1.807, 2.05) is 20.9 Å². The predicted molar refractivity (Wildman–Crippen MR) is 124 cm³/mol. The van der Waals surface area contributed by atoms with Crippen molar-refractivity contribution in [2.45, 2.75) is 63.9 Å². The molecule has 1 unspecified atom stereocenters. The molecule has 1 fully saturated rings. The number of fused-ring (bicyclic) bond motifs is 1. The van der Waals surface area contributed by atoms with E-state index in [2.05, 4.69) is 10.4 Å². The summed E-state index contributed by atoms with van der Waals surface area (Å²) < 4.78 is 29.5. The predicted octanol–water partition coefficient (Wildman–Crippen LogP) is 1.81. The summed E-state index contributed by atoms with van der Waals surface area (Å²) >= 11 is 0. The van der Waals surface area contributed by atoms with E-state index in [-0.39, 0.29) is 23.1 Å². The van der Waals surface area contributed by atoms with Gasteiger partial charge in [-0.25, -0.2) is 8.42 Å². The second-order valence-corrected chi connectivity index (χ2v) is 10.8. The monoisotopic (exact) mass is 473 g/mol. The summed E-state index contributed by atoms with van der Waals surface area (Å²) in [6, 6.07) is 4.10. The lowest BCUT2D eigenvalue weighted by atomic mass is 10.1. The summed E-state index contributed by atoms with van der Waals surface area (Å²) in [7, 11) is -1.74.